The average Bonchev–Trinajstić information content (AvgIpc) is 2.72. The highest BCUT2D eigenvalue weighted by Gasteiger charge is 2.23. The van der Waals surface area contributed by atoms with Crippen LogP contribution in [-0.4, -0.2) is 22.7 Å². The Morgan fingerprint density at radius 3 is 2.33 bits per heavy atom. The fourth-order valence-electron chi connectivity index (χ4n) is 2.42. The van der Waals surface area contributed by atoms with Crippen LogP contribution in [0.4, 0.5) is 0 Å². The largest absolute Gasteiger partial charge is 0.466 e. The van der Waals surface area contributed by atoms with Crippen molar-refractivity contribution in [2.45, 2.75) is 27.3 Å². The number of furan rings is 1. The summed E-state index contributed by atoms with van der Waals surface area (Å²) in [6.07, 6.45) is 0. The second-order valence-corrected chi connectivity index (χ2v) is 5.91. The molecule has 0 unspecified atom stereocenters. The number of benzene rings is 1. The zero-order chi connectivity index (χ0) is 15.4. The van der Waals surface area contributed by atoms with Crippen LogP contribution < -0.4 is 0 Å². The minimum absolute atomic E-state index is 0.0325. The maximum Gasteiger partial charge on any atom is 0.258 e. The summed E-state index contributed by atoms with van der Waals surface area (Å²) in [7, 11) is 0. The van der Waals surface area contributed by atoms with E-state index in [0.717, 1.165) is 22.2 Å². The lowest BCUT2D eigenvalue weighted by atomic mass is 10.1. The van der Waals surface area contributed by atoms with E-state index in [1.807, 2.05) is 56.0 Å². The van der Waals surface area contributed by atoms with E-state index >= 15 is 0 Å². The summed E-state index contributed by atoms with van der Waals surface area (Å²) in [4.78, 5) is 14.7. The third-order valence-electron chi connectivity index (χ3n) is 3.63. The van der Waals surface area contributed by atoms with E-state index in [1.165, 1.54) is 0 Å². The van der Waals surface area contributed by atoms with Gasteiger partial charge in [0.05, 0.1) is 5.56 Å². The molecule has 0 fully saturated rings. The molecule has 0 bridgehead atoms. The summed E-state index contributed by atoms with van der Waals surface area (Å²) in [6, 6.07) is 10.0. The Balaban J connectivity index is 2.27. The van der Waals surface area contributed by atoms with Crippen LogP contribution in [-0.2, 0) is 6.54 Å². The molecule has 0 radical (unpaired) electrons. The van der Waals surface area contributed by atoms with Gasteiger partial charge < -0.3 is 9.32 Å². The van der Waals surface area contributed by atoms with E-state index in [1.54, 1.807) is 0 Å². The first-order valence-electron chi connectivity index (χ1n) is 7.00. The number of amides is 1. The van der Waals surface area contributed by atoms with Crippen LogP contribution >= 0.6 is 15.9 Å². The number of rotatable bonds is 5. The number of carbonyl (C=O) groups is 1. The second-order valence-electron chi connectivity index (χ2n) is 5.12. The van der Waals surface area contributed by atoms with Gasteiger partial charge in [0.1, 0.15) is 11.5 Å². The van der Waals surface area contributed by atoms with E-state index in [0.29, 0.717) is 24.4 Å². The van der Waals surface area contributed by atoms with Crippen LogP contribution in [0, 0.1) is 20.8 Å². The van der Waals surface area contributed by atoms with Crippen LogP contribution in [0.1, 0.15) is 33.0 Å². The fraction of sp³-hybridized carbons (Fsp3) is 0.353. The molecule has 0 aliphatic rings. The monoisotopic (exact) mass is 349 g/mol. The van der Waals surface area contributed by atoms with Crippen molar-refractivity contribution in [2.75, 3.05) is 11.9 Å². The Morgan fingerprint density at radius 1 is 1.14 bits per heavy atom. The van der Waals surface area contributed by atoms with Gasteiger partial charge in [0.2, 0.25) is 0 Å². The molecule has 0 aliphatic carbocycles. The Hall–Kier alpha value is -1.55. The third-order valence-corrected chi connectivity index (χ3v) is 3.99. The van der Waals surface area contributed by atoms with Crippen molar-refractivity contribution < 1.29 is 9.21 Å². The van der Waals surface area contributed by atoms with Gasteiger partial charge in [0, 0.05) is 24.0 Å². The van der Waals surface area contributed by atoms with Gasteiger partial charge in [-0.25, -0.2) is 0 Å². The molecule has 1 aromatic heterocycles. The second kappa shape index (κ2) is 6.94. The maximum atomic E-state index is 12.8. The van der Waals surface area contributed by atoms with Gasteiger partial charge in [-0.1, -0.05) is 46.3 Å². The van der Waals surface area contributed by atoms with Crippen LogP contribution in [0.25, 0.3) is 0 Å². The average molecular weight is 350 g/mol. The van der Waals surface area contributed by atoms with E-state index in [-0.39, 0.29) is 5.91 Å². The smallest absolute Gasteiger partial charge is 0.258 e. The highest BCUT2D eigenvalue weighted by molar-refractivity contribution is 9.09. The predicted molar refractivity (Wildman–Crippen MR) is 87.9 cm³/mol. The van der Waals surface area contributed by atoms with Gasteiger partial charge in [-0.2, -0.15) is 0 Å². The van der Waals surface area contributed by atoms with Gasteiger partial charge in [-0.3, -0.25) is 4.79 Å². The zero-order valence-corrected chi connectivity index (χ0v) is 14.2. The number of hydrogen-bond acceptors (Lipinski definition) is 2. The summed E-state index contributed by atoms with van der Waals surface area (Å²) in [6.45, 7) is 6.95. The van der Waals surface area contributed by atoms with Gasteiger partial charge in [0.15, 0.2) is 0 Å². The van der Waals surface area contributed by atoms with E-state index in [9.17, 15) is 4.79 Å². The van der Waals surface area contributed by atoms with Crippen molar-refractivity contribution in [3.63, 3.8) is 0 Å². The van der Waals surface area contributed by atoms with Crippen molar-refractivity contribution in [1.82, 2.24) is 4.90 Å². The fourth-order valence-corrected chi connectivity index (χ4v) is 2.85. The van der Waals surface area contributed by atoms with Crippen LogP contribution in [0.2, 0.25) is 0 Å². The number of aryl methyl sites for hydroxylation is 2. The van der Waals surface area contributed by atoms with E-state index < -0.39 is 0 Å². The van der Waals surface area contributed by atoms with Crippen LogP contribution in [0.3, 0.4) is 0 Å². The summed E-state index contributed by atoms with van der Waals surface area (Å²) in [5, 5.41) is 0.750. The highest BCUT2D eigenvalue weighted by Crippen LogP contribution is 2.23. The SMILES string of the molecule is Cc1oc(C)c(C(=O)N(CCBr)Cc2ccccc2)c1C. The summed E-state index contributed by atoms with van der Waals surface area (Å²) < 4.78 is 5.59. The summed E-state index contributed by atoms with van der Waals surface area (Å²) in [5.41, 5.74) is 2.76. The molecule has 1 heterocycles. The minimum Gasteiger partial charge on any atom is -0.466 e. The Bertz CT molecular complexity index is 619. The highest BCUT2D eigenvalue weighted by atomic mass is 79.9. The molecule has 21 heavy (non-hydrogen) atoms. The van der Waals surface area contributed by atoms with Crippen LogP contribution in [0.15, 0.2) is 34.7 Å². The van der Waals surface area contributed by atoms with Gasteiger partial charge >= 0.3 is 0 Å². The van der Waals surface area contributed by atoms with E-state index in [4.69, 9.17) is 4.42 Å². The van der Waals surface area contributed by atoms with Gasteiger partial charge in [-0.05, 0) is 26.3 Å². The molecule has 112 valence electrons. The standard InChI is InChI=1S/C17H20BrNO2/c1-12-13(2)21-14(3)16(12)17(20)19(10-9-18)11-15-7-5-4-6-8-15/h4-8H,9-11H2,1-3H3. The molecule has 0 spiro atoms. The van der Waals surface area contributed by atoms with Crippen molar-refractivity contribution in [2.24, 2.45) is 0 Å². The Labute approximate surface area is 134 Å². The first-order chi connectivity index (χ1) is 10.0. The lowest BCUT2D eigenvalue weighted by molar-refractivity contribution is 0.0752. The first kappa shape index (κ1) is 15.8. The number of carbonyl (C=O) groups excluding carboxylic acids is 1. The molecule has 0 saturated heterocycles. The first-order valence-corrected chi connectivity index (χ1v) is 8.12. The minimum atomic E-state index is 0.0325. The lowest BCUT2D eigenvalue weighted by Gasteiger charge is -2.22. The molecule has 0 atom stereocenters. The molecule has 1 aromatic carbocycles. The molecule has 4 heteroatoms. The number of alkyl halides is 1. The van der Waals surface area contributed by atoms with Gasteiger partial charge in [0.25, 0.3) is 5.91 Å². The third kappa shape index (κ3) is 3.56. The van der Waals surface area contributed by atoms with Crippen molar-refractivity contribution in [1.29, 1.82) is 0 Å². The molecule has 1 amide bonds. The molecule has 3 nitrogen and oxygen atoms in total. The molecule has 2 aromatic rings. The molecule has 0 aliphatic heterocycles. The Kier molecular flexibility index (Phi) is 5.23. The van der Waals surface area contributed by atoms with Crippen molar-refractivity contribution in [3.8, 4) is 0 Å². The predicted octanol–water partition coefficient (Wildman–Crippen LogP) is 4.24. The van der Waals surface area contributed by atoms with Crippen LogP contribution in [0.5, 0.6) is 0 Å². The number of halogens is 1. The molecule has 0 N–H and O–H groups in total. The molecule has 0 saturated carbocycles. The lowest BCUT2D eigenvalue weighted by Crippen LogP contribution is -2.32. The van der Waals surface area contributed by atoms with E-state index in [2.05, 4.69) is 15.9 Å². The quantitative estimate of drug-likeness (QED) is 0.756. The normalized spacial score (nSPS) is 10.7. The molecular formula is C17H20BrNO2. The summed E-state index contributed by atoms with van der Waals surface area (Å²) in [5.74, 6) is 1.54. The van der Waals surface area contributed by atoms with Crippen molar-refractivity contribution >= 4 is 21.8 Å². The van der Waals surface area contributed by atoms with Crippen molar-refractivity contribution in [3.05, 3.63) is 58.5 Å². The number of nitrogens with zero attached hydrogens (tertiary/aromatic N) is 1. The molecular weight excluding hydrogens is 330 g/mol. The maximum absolute atomic E-state index is 12.8. The Morgan fingerprint density at radius 2 is 1.81 bits per heavy atom. The molecule has 2 rings (SSSR count). The van der Waals surface area contributed by atoms with Gasteiger partial charge in [-0.15, -0.1) is 0 Å². The number of hydrogen-bond donors (Lipinski definition) is 0. The zero-order valence-electron chi connectivity index (χ0n) is 12.6. The summed E-state index contributed by atoms with van der Waals surface area (Å²) >= 11 is 3.43. The topological polar surface area (TPSA) is 33.5 Å².